The van der Waals surface area contributed by atoms with Gasteiger partial charge in [-0.15, -0.1) is 11.3 Å². The van der Waals surface area contributed by atoms with Crippen LogP contribution in [0.25, 0.3) is 80.7 Å². The quantitative estimate of drug-likeness (QED) is 0.206. The van der Waals surface area contributed by atoms with E-state index in [0.717, 1.165) is 0 Å². The van der Waals surface area contributed by atoms with Gasteiger partial charge in [0.25, 0.3) is 0 Å². The summed E-state index contributed by atoms with van der Waals surface area (Å²) >= 11 is 1.88. The van der Waals surface area contributed by atoms with Gasteiger partial charge in [0.1, 0.15) is 0 Å². The average molecular weight is 552 g/mol. The number of para-hydroxylation sites is 1. The Balaban J connectivity index is 1.39. The van der Waals surface area contributed by atoms with Gasteiger partial charge in [-0.2, -0.15) is 0 Å². The highest BCUT2D eigenvalue weighted by Crippen LogP contribution is 2.42. The minimum absolute atomic E-state index is 1.17. The molecule has 0 saturated carbocycles. The molecule has 0 saturated heterocycles. The number of aromatic nitrogens is 1. The lowest BCUT2D eigenvalue weighted by Crippen LogP contribution is -1.96. The highest BCUT2D eigenvalue weighted by molar-refractivity contribution is 7.25. The molecular formula is C40H25NS. The zero-order valence-corrected chi connectivity index (χ0v) is 23.6. The fourth-order valence-electron chi connectivity index (χ4n) is 6.62. The van der Waals surface area contributed by atoms with Crippen LogP contribution in [-0.4, -0.2) is 4.57 Å². The van der Waals surface area contributed by atoms with Crippen LogP contribution < -0.4 is 0 Å². The van der Waals surface area contributed by atoms with E-state index in [-0.39, 0.29) is 0 Å². The Morgan fingerprint density at radius 3 is 1.76 bits per heavy atom. The van der Waals surface area contributed by atoms with Crippen molar-refractivity contribution in [2.45, 2.75) is 0 Å². The molecule has 9 aromatic rings. The normalized spacial score (nSPS) is 11.8. The largest absolute Gasteiger partial charge is 0.309 e. The summed E-state index contributed by atoms with van der Waals surface area (Å²) in [5.41, 5.74) is 8.48. The SMILES string of the molecule is c1ccc(-c2cc(-c3ccccc3)cc(-n3c4ccccc4c4c5cc6c(cc5ccc43)sc3ccccc36)c2)cc1. The second-order valence-electron chi connectivity index (χ2n) is 11.0. The van der Waals surface area contributed by atoms with E-state index in [1.165, 1.54) is 80.7 Å². The van der Waals surface area contributed by atoms with E-state index in [1.54, 1.807) is 0 Å². The Labute approximate surface area is 247 Å². The first-order chi connectivity index (χ1) is 20.8. The Morgan fingerprint density at radius 2 is 1.02 bits per heavy atom. The maximum atomic E-state index is 2.46. The number of fused-ring (bicyclic) bond motifs is 8. The molecule has 2 aromatic heterocycles. The van der Waals surface area contributed by atoms with E-state index in [4.69, 9.17) is 0 Å². The van der Waals surface area contributed by atoms with Gasteiger partial charge in [-0.05, 0) is 81.6 Å². The number of nitrogens with zero attached hydrogens (tertiary/aromatic N) is 1. The van der Waals surface area contributed by atoms with Gasteiger partial charge in [-0.3, -0.25) is 0 Å². The molecule has 0 aliphatic carbocycles. The number of benzene rings is 7. The summed E-state index contributed by atoms with van der Waals surface area (Å²) in [4.78, 5) is 0. The molecule has 2 heterocycles. The number of hydrogen-bond acceptors (Lipinski definition) is 1. The smallest absolute Gasteiger partial charge is 0.0547 e. The minimum Gasteiger partial charge on any atom is -0.309 e. The van der Waals surface area contributed by atoms with Gasteiger partial charge in [0, 0.05) is 36.6 Å². The van der Waals surface area contributed by atoms with E-state index < -0.39 is 0 Å². The van der Waals surface area contributed by atoms with Crippen molar-refractivity contribution in [1.29, 1.82) is 0 Å². The predicted octanol–water partition coefficient (Wildman–Crippen LogP) is 11.6. The van der Waals surface area contributed by atoms with Gasteiger partial charge in [-0.1, -0.05) is 103 Å². The van der Waals surface area contributed by atoms with Crippen molar-refractivity contribution in [3.63, 3.8) is 0 Å². The first-order valence-electron chi connectivity index (χ1n) is 14.4. The third-order valence-electron chi connectivity index (χ3n) is 8.54. The van der Waals surface area contributed by atoms with E-state index in [9.17, 15) is 0 Å². The van der Waals surface area contributed by atoms with Gasteiger partial charge in [-0.25, -0.2) is 0 Å². The summed E-state index contributed by atoms with van der Waals surface area (Å²) in [6, 6.07) is 55.5. The van der Waals surface area contributed by atoms with Crippen molar-refractivity contribution >= 4 is 64.1 Å². The van der Waals surface area contributed by atoms with Crippen LogP contribution in [0.15, 0.2) is 152 Å². The average Bonchev–Trinajstić information content (AvgIpc) is 3.59. The van der Waals surface area contributed by atoms with Crippen LogP contribution in [-0.2, 0) is 0 Å². The molecule has 0 unspecified atom stereocenters. The van der Waals surface area contributed by atoms with Gasteiger partial charge in [0.15, 0.2) is 0 Å². The topological polar surface area (TPSA) is 4.93 Å². The summed E-state index contributed by atoms with van der Waals surface area (Å²) in [6.45, 7) is 0. The first-order valence-corrected chi connectivity index (χ1v) is 15.2. The van der Waals surface area contributed by atoms with Crippen molar-refractivity contribution < 1.29 is 0 Å². The van der Waals surface area contributed by atoms with E-state index in [1.807, 2.05) is 11.3 Å². The first kappa shape index (κ1) is 23.5. The summed E-state index contributed by atoms with van der Waals surface area (Å²) in [6.07, 6.45) is 0. The molecule has 1 nitrogen and oxygen atoms in total. The van der Waals surface area contributed by atoms with Crippen LogP contribution in [0.1, 0.15) is 0 Å². The van der Waals surface area contributed by atoms with E-state index >= 15 is 0 Å². The lowest BCUT2D eigenvalue weighted by molar-refractivity contribution is 1.18. The Bertz CT molecular complexity index is 2390. The third-order valence-corrected chi connectivity index (χ3v) is 9.67. The molecule has 196 valence electrons. The fraction of sp³-hybridized carbons (Fsp3) is 0. The second-order valence-corrected chi connectivity index (χ2v) is 12.1. The van der Waals surface area contributed by atoms with Gasteiger partial charge in [0.05, 0.1) is 11.0 Å². The van der Waals surface area contributed by atoms with Crippen molar-refractivity contribution in [1.82, 2.24) is 4.57 Å². The van der Waals surface area contributed by atoms with Crippen molar-refractivity contribution in [2.75, 3.05) is 0 Å². The molecule has 0 radical (unpaired) electrons. The molecular weight excluding hydrogens is 527 g/mol. The molecule has 0 N–H and O–H groups in total. The zero-order valence-electron chi connectivity index (χ0n) is 22.8. The van der Waals surface area contributed by atoms with Gasteiger partial charge < -0.3 is 4.57 Å². The Kier molecular flexibility index (Phi) is 5.13. The Morgan fingerprint density at radius 1 is 0.381 bits per heavy atom. The van der Waals surface area contributed by atoms with Crippen LogP contribution in [0.3, 0.4) is 0 Å². The second kappa shape index (κ2) is 9.17. The van der Waals surface area contributed by atoms with Crippen LogP contribution >= 0.6 is 11.3 Å². The molecule has 0 spiro atoms. The van der Waals surface area contributed by atoms with Crippen molar-refractivity contribution in [2.24, 2.45) is 0 Å². The molecule has 2 heteroatoms. The maximum absolute atomic E-state index is 2.46. The molecule has 9 rings (SSSR count). The minimum atomic E-state index is 1.17. The Hall–Kier alpha value is -5.18. The predicted molar refractivity (Wildman–Crippen MR) is 182 cm³/mol. The molecule has 0 aliphatic rings. The molecule has 42 heavy (non-hydrogen) atoms. The lowest BCUT2D eigenvalue weighted by atomic mass is 9.98. The molecule has 0 fully saturated rings. The van der Waals surface area contributed by atoms with Crippen LogP contribution in [0, 0.1) is 0 Å². The summed E-state index contributed by atoms with van der Waals surface area (Å²) < 4.78 is 5.14. The number of rotatable bonds is 3. The molecule has 0 aliphatic heterocycles. The molecule has 0 bridgehead atoms. The molecule has 0 atom stereocenters. The van der Waals surface area contributed by atoms with Crippen LogP contribution in [0.4, 0.5) is 0 Å². The van der Waals surface area contributed by atoms with Crippen molar-refractivity contribution in [3.8, 4) is 27.9 Å². The monoisotopic (exact) mass is 551 g/mol. The van der Waals surface area contributed by atoms with E-state index in [2.05, 4.69) is 156 Å². The third kappa shape index (κ3) is 3.56. The number of hydrogen-bond donors (Lipinski definition) is 0. The number of thiophene rings is 1. The summed E-state index contributed by atoms with van der Waals surface area (Å²) in [5.74, 6) is 0. The van der Waals surface area contributed by atoms with Crippen LogP contribution in [0.2, 0.25) is 0 Å². The van der Waals surface area contributed by atoms with Gasteiger partial charge in [0.2, 0.25) is 0 Å². The molecule has 7 aromatic carbocycles. The standard InChI is InChI=1S/C40H25NS/c1-3-11-26(12-4-1)29-21-30(27-13-5-2-6-14-27)23-31(22-29)41-36-17-9-7-16-33(36)40-34-25-35-32-15-8-10-18-38(32)42-39(35)24-28(34)19-20-37(40)41/h1-25H. The lowest BCUT2D eigenvalue weighted by Gasteiger charge is -2.14. The fourth-order valence-corrected chi connectivity index (χ4v) is 7.76. The highest BCUT2D eigenvalue weighted by Gasteiger charge is 2.17. The zero-order chi connectivity index (χ0) is 27.6. The highest BCUT2D eigenvalue weighted by atomic mass is 32.1. The summed E-state index contributed by atoms with van der Waals surface area (Å²) in [7, 11) is 0. The summed E-state index contributed by atoms with van der Waals surface area (Å²) in [5, 5.41) is 7.86. The van der Waals surface area contributed by atoms with E-state index in [0.29, 0.717) is 0 Å². The van der Waals surface area contributed by atoms with Crippen molar-refractivity contribution in [3.05, 3.63) is 152 Å². The molecule has 0 amide bonds. The van der Waals surface area contributed by atoms with Crippen LogP contribution in [0.5, 0.6) is 0 Å². The van der Waals surface area contributed by atoms with Gasteiger partial charge >= 0.3 is 0 Å². The maximum Gasteiger partial charge on any atom is 0.0547 e.